The molecule has 4 rings (SSSR count). The van der Waals surface area contributed by atoms with Gasteiger partial charge in [0.25, 0.3) is 11.5 Å². The fourth-order valence-electron chi connectivity index (χ4n) is 3.27. The fourth-order valence-corrected chi connectivity index (χ4v) is 4.22. The number of H-pyrrole nitrogens is 1. The number of benzene rings is 1. The third-order valence-corrected chi connectivity index (χ3v) is 6.09. The number of morpholine rings is 1. The second kappa shape index (κ2) is 9.69. The molecule has 162 valence electrons. The highest BCUT2D eigenvalue weighted by atomic mass is 35.5. The number of hydrogen-bond donors (Lipinski definition) is 1. The molecule has 8 nitrogen and oxygen atoms in total. The van der Waals surface area contributed by atoms with Crippen LogP contribution in [-0.2, 0) is 17.8 Å². The SMILES string of the molecule is CN(Cc1csc(CN2CCOCC2)n1)C(=O)c1cnc(-c2ccc(Cl)cc2)[nH]c1=O. The lowest BCUT2D eigenvalue weighted by molar-refractivity contribution is 0.0341. The zero-order chi connectivity index (χ0) is 21.8. The smallest absolute Gasteiger partial charge is 0.264 e. The summed E-state index contributed by atoms with van der Waals surface area (Å²) in [6, 6.07) is 6.94. The van der Waals surface area contributed by atoms with E-state index in [-0.39, 0.29) is 5.56 Å². The maximum atomic E-state index is 12.8. The van der Waals surface area contributed by atoms with Gasteiger partial charge in [0, 0.05) is 42.3 Å². The minimum absolute atomic E-state index is 0.0102. The van der Waals surface area contributed by atoms with Crippen molar-refractivity contribution in [2.24, 2.45) is 0 Å². The number of thiazole rings is 1. The molecule has 1 aliphatic rings. The van der Waals surface area contributed by atoms with Crippen LogP contribution in [0.2, 0.25) is 5.02 Å². The lowest BCUT2D eigenvalue weighted by Gasteiger charge is -2.25. The summed E-state index contributed by atoms with van der Waals surface area (Å²) in [6.45, 7) is 4.38. The van der Waals surface area contributed by atoms with Crippen LogP contribution >= 0.6 is 22.9 Å². The van der Waals surface area contributed by atoms with Crippen molar-refractivity contribution in [3.05, 3.63) is 67.5 Å². The van der Waals surface area contributed by atoms with Gasteiger partial charge in [0.2, 0.25) is 0 Å². The Morgan fingerprint density at radius 3 is 2.74 bits per heavy atom. The number of carbonyl (C=O) groups is 1. The number of hydrogen-bond acceptors (Lipinski definition) is 7. The lowest BCUT2D eigenvalue weighted by Crippen LogP contribution is -2.35. The molecule has 0 radical (unpaired) electrons. The van der Waals surface area contributed by atoms with E-state index >= 15 is 0 Å². The third-order valence-electron chi connectivity index (χ3n) is 4.96. The van der Waals surface area contributed by atoms with Gasteiger partial charge >= 0.3 is 0 Å². The quantitative estimate of drug-likeness (QED) is 0.609. The molecule has 1 N–H and O–H groups in total. The van der Waals surface area contributed by atoms with E-state index < -0.39 is 11.5 Å². The molecule has 1 aliphatic heterocycles. The Labute approximate surface area is 188 Å². The van der Waals surface area contributed by atoms with Crippen LogP contribution < -0.4 is 5.56 Å². The van der Waals surface area contributed by atoms with Crippen molar-refractivity contribution in [2.45, 2.75) is 13.1 Å². The summed E-state index contributed by atoms with van der Waals surface area (Å²) in [5, 5.41) is 3.55. The first-order chi connectivity index (χ1) is 15.0. The van der Waals surface area contributed by atoms with Crippen LogP contribution in [0, 0.1) is 0 Å². The van der Waals surface area contributed by atoms with E-state index in [1.54, 1.807) is 42.6 Å². The minimum atomic E-state index is -0.483. The van der Waals surface area contributed by atoms with Gasteiger partial charge in [0.05, 0.1) is 32.0 Å². The Hall–Kier alpha value is -2.59. The Morgan fingerprint density at radius 1 is 1.29 bits per heavy atom. The molecule has 1 amide bonds. The van der Waals surface area contributed by atoms with Crippen LogP contribution in [-0.4, -0.2) is 64.0 Å². The fraction of sp³-hybridized carbons (Fsp3) is 0.333. The van der Waals surface area contributed by atoms with Gasteiger partial charge in [-0.1, -0.05) is 11.6 Å². The summed E-state index contributed by atoms with van der Waals surface area (Å²) >= 11 is 7.47. The van der Waals surface area contributed by atoms with Crippen LogP contribution in [0.1, 0.15) is 21.1 Å². The summed E-state index contributed by atoms with van der Waals surface area (Å²) in [7, 11) is 1.65. The normalized spacial score (nSPS) is 14.5. The van der Waals surface area contributed by atoms with Crippen molar-refractivity contribution in [1.82, 2.24) is 24.8 Å². The first-order valence-corrected chi connectivity index (χ1v) is 11.1. The number of nitrogens with zero attached hydrogens (tertiary/aromatic N) is 4. The number of rotatable bonds is 6. The number of nitrogens with one attached hydrogen (secondary N) is 1. The zero-order valence-corrected chi connectivity index (χ0v) is 18.6. The van der Waals surface area contributed by atoms with Gasteiger partial charge in [-0.25, -0.2) is 9.97 Å². The molecule has 31 heavy (non-hydrogen) atoms. The van der Waals surface area contributed by atoms with E-state index in [2.05, 4.69) is 19.9 Å². The van der Waals surface area contributed by atoms with Gasteiger partial charge in [-0.05, 0) is 24.3 Å². The maximum absolute atomic E-state index is 12.8. The monoisotopic (exact) mass is 459 g/mol. The topological polar surface area (TPSA) is 91.4 Å². The van der Waals surface area contributed by atoms with Crippen molar-refractivity contribution in [3.8, 4) is 11.4 Å². The molecule has 0 atom stereocenters. The van der Waals surface area contributed by atoms with Gasteiger partial charge in [-0.3, -0.25) is 14.5 Å². The molecular weight excluding hydrogens is 438 g/mol. The Morgan fingerprint density at radius 2 is 2.03 bits per heavy atom. The highest BCUT2D eigenvalue weighted by molar-refractivity contribution is 7.09. The van der Waals surface area contributed by atoms with Gasteiger partial charge in [0.1, 0.15) is 16.4 Å². The standard InChI is InChI=1S/C21H22ClN5O3S/c1-26(11-16-13-31-18(24-16)12-27-6-8-30-9-7-27)21(29)17-10-23-19(25-20(17)28)14-2-4-15(22)5-3-14/h2-5,10,13H,6-9,11-12H2,1H3,(H,23,25,28). The number of aromatic amines is 1. The van der Waals surface area contributed by atoms with Crippen LogP contribution in [0.5, 0.6) is 0 Å². The molecule has 10 heteroatoms. The third kappa shape index (κ3) is 5.37. The predicted molar refractivity (Wildman–Crippen MR) is 119 cm³/mol. The van der Waals surface area contributed by atoms with Crippen molar-refractivity contribution in [3.63, 3.8) is 0 Å². The summed E-state index contributed by atoms with van der Waals surface area (Å²) < 4.78 is 5.37. The second-order valence-corrected chi connectivity index (χ2v) is 8.64. The van der Waals surface area contributed by atoms with E-state index in [0.717, 1.165) is 43.5 Å². The number of amides is 1. The van der Waals surface area contributed by atoms with Crippen LogP contribution in [0.3, 0.4) is 0 Å². The molecule has 1 aromatic carbocycles. The first kappa shape index (κ1) is 21.6. The van der Waals surface area contributed by atoms with Gasteiger partial charge < -0.3 is 14.6 Å². The van der Waals surface area contributed by atoms with E-state index in [0.29, 0.717) is 23.0 Å². The summed E-state index contributed by atoms with van der Waals surface area (Å²) in [5.41, 5.74) is 1.02. The lowest BCUT2D eigenvalue weighted by atomic mass is 10.2. The molecule has 3 aromatic rings. The molecule has 1 saturated heterocycles. The zero-order valence-electron chi connectivity index (χ0n) is 17.0. The molecule has 1 fully saturated rings. The highest BCUT2D eigenvalue weighted by Gasteiger charge is 2.19. The largest absolute Gasteiger partial charge is 0.379 e. The number of ether oxygens (including phenoxy) is 1. The molecule has 0 aliphatic carbocycles. The van der Waals surface area contributed by atoms with Crippen molar-refractivity contribution in [1.29, 1.82) is 0 Å². The Kier molecular flexibility index (Phi) is 6.77. The Bertz CT molecular complexity index is 1110. The molecule has 3 heterocycles. The van der Waals surface area contributed by atoms with E-state index in [1.165, 1.54) is 11.1 Å². The molecule has 0 spiro atoms. The Balaban J connectivity index is 1.41. The van der Waals surface area contributed by atoms with Crippen molar-refractivity contribution in [2.75, 3.05) is 33.4 Å². The van der Waals surface area contributed by atoms with Crippen LogP contribution in [0.15, 0.2) is 40.6 Å². The highest BCUT2D eigenvalue weighted by Crippen LogP contribution is 2.18. The molecule has 0 saturated carbocycles. The average Bonchev–Trinajstić information content (AvgIpc) is 3.21. The van der Waals surface area contributed by atoms with Gasteiger partial charge in [-0.2, -0.15) is 0 Å². The maximum Gasteiger partial charge on any atom is 0.264 e. The van der Waals surface area contributed by atoms with Crippen LogP contribution in [0.4, 0.5) is 0 Å². The summed E-state index contributed by atoms with van der Waals surface area (Å²) in [6.07, 6.45) is 1.31. The van der Waals surface area contributed by atoms with Crippen LogP contribution in [0.25, 0.3) is 11.4 Å². The predicted octanol–water partition coefficient (Wildman–Crippen LogP) is 2.65. The first-order valence-electron chi connectivity index (χ1n) is 9.83. The molecule has 0 unspecified atom stereocenters. The molecule has 2 aromatic heterocycles. The van der Waals surface area contributed by atoms with Crippen molar-refractivity contribution < 1.29 is 9.53 Å². The van der Waals surface area contributed by atoms with E-state index in [1.807, 2.05) is 5.38 Å². The average molecular weight is 460 g/mol. The summed E-state index contributed by atoms with van der Waals surface area (Å²) in [4.78, 5) is 40.6. The molecule has 0 bridgehead atoms. The summed E-state index contributed by atoms with van der Waals surface area (Å²) in [5.74, 6) is -0.0211. The van der Waals surface area contributed by atoms with E-state index in [4.69, 9.17) is 16.3 Å². The number of halogens is 1. The van der Waals surface area contributed by atoms with Crippen molar-refractivity contribution >= 4 is 28.8 Å². The van der Waals surface area contributed by atoms with Gasteiger partial charge in [-0.15, -0.1) is 11.3 Å². The second-order valence-electron chi connectivity index (χ2n) is 7.26. The van der Waals surface area contributed by atoms with Gasteiger partial charge in [0.15, 0.2) is 0 Å². The van der Waals surface area contributed by atoms with E-state index in [9.17, 15) is 9.59 Å². The molecular formula is C21H22ClN5O3S. The number of carbonyl (C=O) groups excluding carboxylic acids is 1. The number of aromatic nitrogens is 3. The minimum Gasteiger partial charge on any atom is -0.379 e.